The van der Waals surface area contributed by atoms with Crippen molar-refractivity contribution in [1.29, 1.82) is 0 Å². The van der Waals surface area contributed by atoms with Crippen LogP contribution in [-0.2, 0) is 10.0 Å². The zero-order valence-corrected chi connectivity index (χ0v) is 14.3. The number of halogens is 2. The van der Waals surface area contributed by atoms with Crippen molar-refractivity contribution in [2.45, 2.75) is 17.9 Å². The first-order chi connectivity index (χ1) is 9.37. The van der Waals surface area contributed by atoms with Crippen LogP contribution in [0.5, 0.6) is 5.75 Å². The van der Waals surface area contributed by atoms with E-state index in [4.69, 9.17) is 16.3 Å². The zero-order valence-electron chi connectivity index (χ0n) is 11.2. The molecule has 0 radical (unpaired) electrons. The number of methoxy groups -OCH3 is 1. The van der Waals surface area contributed by atoms with Crippen LogP contribution in [0.2, 0.25) is 5.02 Å². The summed E-state index contributed by atoms with van der Waals surface area (Å²) in [5.74, 6) is 0.436. The number of piperazine rings is 1. The lowest BCUT2D eigenvalue weighted by Crippen LogP contribution is -2.52. The summed E-state index contributed by atoms with van der Waals surface area (Å²) >= 11 is 9.33. The molecule has 1 atom stereocenters. The van der Waals surface area contributed by atoms with Crippen LogP contribution in [-0.4, -0.2) is 45.5 Å². The van der Waals surface area contributed by atoms with E-state index >= 15 is 0 Å². The highest BCUT2D eigenvalue weighted by Crippen LogP contribution is 2.35. The minimum atomic E-state index is -3.58. The maximum absolute atomic E-state index is 12.7. The zero-order chi connectivity index (χ0) is 14.9. The molecule has 1 saturated heterocycles. The van der Waals surface area contributed by atoms with Gasteiger partial charge in [0.05, 0.1) is 17.0 Å². The molecule has 0 amide bonds. The number of nitrogens with zero attached hydrogens (tertiary/aromatic N) is 1. The summed E-state index contributed by atoms with van der Waals surface area (Å²) in [6.07, 6.45) is 0. The predicted octanol–water partition coefficient (Wildman–Crippen LogP) is 2.09. The van der Waals surface area contributed by atoms with Gasteiger partial charge in [0.15, 0.2) is 0 Å². The highest BCUT2D eigenvalue weighted by Gasteiger charge is 2.32. The standard InChI is InChI=1S/C12H16BrClN2O3S/c1-8-7-15-3-4-16(8)20(17,18)12-6-10(14)11(19-2)5-9(12)13/h5-6,8,15H,3-4,7H2,1-2H3/t8-/m1/s1. The fraction of sp³-hybridized carbons (Fsp3) is 0.500. The lowest BCUT2D eigenvalue weighted by molar-refractivity contribution is 0.283. The quantitative estimate of drug-likeness (QED) is 0.868. The van der Waals surface area contributed by atoms with Gasteiger partial charge < -0.3 is 10.1 Å². The summed E-state index contributed by atoms with van der Waals surface area (Å²) in [7, 11) is -2.10. The van der Waals surface area contributed by atoms with Crippen LogP contribution >= 0.6 is 27.5 Å². The van der Waals surface area contributed by atoms with E-state index in [1.54, 1.807) is 6.07 Å². The van der Waals surface area contributed by atoms with Crippen molar-refractivity contribution < 1.29 is 13.2 Å². The number of hydrogen-bond donors (Lipinski definition) is 1. The predicted molar refractivity (Wildman–Crippen MR) is 81.9 cm³/mol. The maximum atomic E-state index is 12.7. The van der Waals surface area contributed by atoms with Gasteiger partial charge in [-0.1, -0.05) is 11.6 Å². The summed E-state index contributed by atoms with van der Waals surface area (Å²) in [4.78, 5) is 0.164. The van der Waals surface area contributed by atoms with Crippen molar-refractivity contribution >= 4 is 37.6 Å². The first kappa shape index (κ1) is 16.0. The van der Waals surface area contributed by atoms with Crippen LogP contribution in [0.3, 0.4) is 0 Å². The number of nitrogens with one attached hydrogen (secondary N) is 1. The SMILES string of the molecule is COc1cc(Br)c(S(=O)(=O)N2CCNC[C@H]2C)cc1Cl. The molecule has 1 N–H and O–H groups in total. The Kier molecular flexibility index (Phi) is 4.96. The summed E-state index contributed by atoms with van der Waals surface area (Å²) < 4.78 is 32.5. The van der Waals surface area contributed by atoms with Gasteiger partial charge in [0.1, 0.15) is 5.75 Å². The fourth-order valence-electron chi connectivity index (χ4n) is 2.17. The van der Waals surface area contributed by atoms with E-state index in [0.717, 1.165) is 0 Å². The molecule has 1 heterocycles. The van der Waals surface area contributed by atoms with Crippen molar-refractivity contribution in [3.05, 3.63) is 21.6 Å². The van der Waals surface area contributed by atoms with Crippen LogP contribution in [0, 0.1) is 0 Å². The first-order valence-electron chi connectivity index (χ1n) is 6.13. The number of ether oxygens (including phenoxy) is 1. The third-order valence-electron chi connectivity index (χ3n) is 3.23. The second-order valence-corrected chi connectivity index (χ2v) is 7.71. The van der Waals surface area contributed by atoms with Gasteiger partial charge in [-0.15, -0.1) is 0 Å². The lowest BCUT2D eigenvalue weighted by atomic mass is 10.3. The van der Waals surface area contributed by atoms with Crippen molar-refractivity contribution in [3.8, 4) is 5.75 Å². The number of sulfonamides is 1. The van der Waals surface area contributed by atoms with E-state index < -0.39 is 10.0 Å². The number of hydrogen-bond acceptors (Lipinski definition) is 4. The van der Waals surface area contributed by atoms with Crippen LogP contribution in [0.15, 0.2) is 21.5 Å². The number of benzene rings is 1. The van der Waals surface area contributed by atoms with Crippen molar-refractivity contribution in [2.24, 2.45) is 0 Å². The van der Waals surface area contributed by atoms with Gasteiger partial charge in [0.25, 0.3) is 0 Å². The topological polar surface area (TPSA) is 58.6 Å². The molecule has 5 nitrogen and oxygen atoms in total. The molecule has 0 unspecified atom stereocenters. The van der Waals surface area contributed by atoms with E-state index in [9.17, 15) is 8.42 Å². The molecule has 2 rings (SSSR count). The molecule has 20 heavy (non-hydrogen) atoms. The summed E-state index contributed by atoms with van der Waals surface area (Å²) in [5, 5.41) is 3.44. The Morgan fingerprint density at radius 1 is 1.50 bits per heavy atom. The van der Waals surface area contributed by atoms with E-state index in [-0.39, 0.29) is 16.0 Å². The molecule has 0 bridgehead atoms. The molecule has 0 aliphatic carbocycles. The normalized spacial score (nSPS) is 20.9. The molecule has 1 aliphatic rings. The molecule has 0 spiro atoms. The Morgan fingerprint density at radius 3 is 2.80 bits per heavy atom. The molecule has 1 fully saturated rings. The molecule has 1 aromatic rings. The van der Waals surface area contributed by atoms with Crippen molar-refractivity contribution in [3.63, 3.8) is 0 Å². The molecular formula is C12H16BrClN2O3S. The largest absolute Gasteiger partial charge is 0.495 e. The van der Waals surface area contributed by atoms with Gasteiger partial charge in [-0.05, 0) is 35.0 Å². The van der Waals surface area contributed by atoms with Crippen molar-refractivity contribution in [2.75, 3.05) is 26.7 Å². The van der Waals surface area contributed by atoms with E-state index in [1.807, 2.05) is 6.92 Å². The average Bonchev–Trinajstić information content (AvgIpc) is 2.41. The second kappa shape index (κ2) is 6.19. The maximum Gasteiger partial charge on any atom is 0.244 e. The van der Waals surface area contributed by atoms with E-state index in [1.165, 1.54) is 17.5 Å². The third kappa shape index (κ3) is 2.96. The molecule has 1 aromatic carbocycles. The molecule has 112 valence electrons. The number of rotatable bonds is 3. The van der Waals surface area contributed by atoms with Gasteiger partial charge in [0, 0.05) is 30.1 Å². The Bertz CT molecular complexity index is 609. The van der Waals surface area contributed by atoms with Gasteiger partial charge >= 0.3 is 0 Å². The summed E-state index contributed by atoms with van der Waals surface area (Å²) in [5.41, 5.74) is 0. The van der Waals surface area contributed by atoms with Crippen molar-refractivity contribution in [1.82, 2.24) is 9.62 Å². The minimum absolute atomic E-state index is 0.0958. The molecule has 8 heteroatoms. The van der Waals surface area contributed by atoms with E-state index in [0.29, 0.717) is 29.9 Å². The first-order valence-corrected chi connectivity index (χ1v) is 8.74. The Hall–Kier alpha value is -0.340. The lowest BCUT2D eigenvalue weighted by Gasteiger charge is -2.33. The fourth-order valence-corrected chi connectivity index (χ4v) is 5.12. The minimum Gasteiger partial charge on any atom is -0.495 e. The van der Waals surface area contributed by atoms with Crippen LogP contribution in [0.4, 0.5) is 0 Å². The smallest absolute Gasteiger partial charge is 0.244 e. The molecular weight excluding hydrogens is 368 g/mol. The van der Waals surface area contributed by atoms with E-state index in [2.05, 4.69) is 21.2 Å². The van der Waals surface area contributed by atoms with Crippen LogP contribution < -0.4 is 10.1 Å². The summed E-state index contributed by atoms with van der Waals surface area (Å²) in [6, 6.07) is 2.90. The molecule has 1 aliphatic heterocycles. The average molecular weight is 384 g/mol. The highest BCUT2D eigenvalue weighted by atomic mass is 79.9. The van der Waals surface area contributed by atoms with Gasteiger partial charge in [0.2, 0.25) is 10.0 Å². The van der Waals surface area contributed by atoms with Crippen LogP contribution in [0.25, 0.3) is 0 Å². The monoisotopic (exact) mass is 382 g/mol. The van der Waals surface area contributed by atoms with Gasteiger partial charge in [-0.25, -0.2) is 8.42 Å². The Balaban J connectivity index is 2.46. The Morgan fingerprint density at radius 2 is 2.20 bits per heavy atom. The molecule has 0 aromatic heterocycles. The highest BCUT2D eigenvalue weighted by molar-refractivity contribution is 9.10. The van der Waals surface area contributed by atoms with Gasteiger partial charge in [-0.2, -0.15) is 4.31 Å². The third-order valence-corrected chi connectivity index (χ3v) is 6.50. The van der Waals surface area contributed by atoms with Crippen LogP contribution in [0.1, 0.15) is 6.92 Å². The van der Waals surface area contributed by atoms with Gasteiger partial charge in [-0.3, -0.25) is 0 Å². The summed E-state index contributed by atoms with van der Waals surface area (Å²) in [6.45, 7) is 3.61. The Labute approximate surface area is 132 Å². The second-order valence-electron chi connectivity index (χ2n) is 4.59. The molecule has 0 saturated carbocycles.